The van der Waals surface area contributed by atoms with E-state index in [2.05, 4.69) is 0 Å². The van der Waals surface area contributed by atoms with Gasteiger partial charge in [-0.05, 0) is 19.8 Å². The molecule has 0 aromatic rings. The Hall–Kier alpha value is -0.835. The minimum Gasteiger partial charge on any atom is -0.463 e. The van der Waals surface area contributed by atoms with E-state index in [1.165, 1.54) is 6.92 Å². The summed E-state index contributed by atoms with van der Waals surface area (Å²) in [6.07, 6.45) is 1.93. The van der Waals surface area contributed by atoms with Crippen molar-refractivity contribution < 1.29 is 19.1 Å². The summed E-state index contributed by atoms with van der Waals surface area (Å²) >= 11 is 0. The van der Waals surface area contributed by atoms with Crippen LogP contribution in [-0.2, 0) is 19.1 Å². The van der Waals surface area contributed by atoms with Crippen LogP contribution in [0.2, 0.25) is 0 Å². The molecule has 0 bridgehead atoms. The maximum Gasteiger partial charge on any atom is 0.306 e. The molecule has 0 spiro atoms. The quantitative estimate of drug-likeness (QED) is 0.491. The van der Waals surface area contributed by atoms with Crippen molar-refractivity contribution in [1.29, 1.82) is 0 Å². The maximum absolute atomic E-state index is 11.1. The van der Waals surface area contributed by atoms with Gasteiger partial charge in [-0.15, -0.1) is 0 Å². The molecule has 0 aromatic carbocycles. The van der Waals surface area contributed by atoms with E-state index in [1.807, 2.05) is 0 Å². The summed E-state index contributed by atoms with van der Waals surface area (Å²) < 4.78 is 10.2. The number of carbonyl (C=O) groups is 2. The first kappa shape index (κ1) is 12.2. The van der Waals surface area contributed by atoms with Crippen LogP contribution in [0, 0.1) is 0 Å². The van der Waals surface area contributed by atoms with Gasteiger partial charge in [-0.2, -0.15) is 0 Å². The van der Waals surface area contributed by atoms with E-state index >= 15 is 0 Å². The summed E-state index contributed by atoms with van der Waals surface area (Å²) in [7, 11) is 5.52. The monoisotopic (exact) mass is 210 g/mol. The van der Waals surface area contributed by atoms with Gasteiger partial charge in [0.2, 0.25) is 0 Å². The first-order valence-corrected chi connectivity index (χ1v) is 5.14. The van der Waals surface area contributed by atoms with Gasteiger partial charge >= 0.3 is 5.97 Å². The fourth-order valence-corrected chi connectivity index (χ4v) is 1.39. The Labute approximate surface area is 90.7 Å². The zero-order valence-electron chi connectivity index (χ0n) is 8.90. The Balaban J connectivity index is 2.09. The molecule has 15 heavy (non-hydrogen) atoms. The predicted molar refractivity (Wildman–Crippen MR) is 54.5 cm³/mol. The van der Waals surface area contributed by atoms with Gasteiger partial charge in [-0.1, -0.05) is 0 Å². The molecule has 1 heterocycles. The second-order valence-electron chi connectivity index (χ2n) is 3.76. The van der Waals surface area contributed by atoms with Crippen LogP contribution in [0.3, 0.4) is 0 Å². The normalized spacial score (nSPS) is 25.1. The van der Waals surface area contributed by atoms with Crippen molar-refractivity contribution in [2.75, 3.05) is 6.61 Å². The molecule has 0 saturated carbocycles. The Morgan fingerprint density at radius 1 is 1.40 bits per heavy atom. The molecule has 82 valence electrons. The molecule has 1 saturated heterocycles. The van der Waals surface area contributed by atoms with Crippen molar-refractivity contribution >= 4 is 19.6 Å². The molecular formula is C10H15BO4. The summed E-state index contributed by atoms with van der Waals surface area (Å²) in [5.41, 5.74) is 0. The number of hydrogen-bond acceptors (Lipinski definition) is 4. The average Bonchev–Trinajstić information content (AvgIpc) is 2.58. The number of ether oxygens (including phenoxy) is 2. The molecule has 1 aliphatic heterocycles. The van der Waals surface area contributed by atoms with Gasteiger partial charge in [0.05, 0.1) is 12.5 Å². The van der Waals surface area contributed by atoms with E-state index in [0.717, 1.165) is 12.8 Å². The van der Waals surface area contributed by atoms with Gasteiger partial charge in [0.15, 0.2) is 0 Å². The van der Waals surface area contributed by atoms with Crippen LogP contribution in [-0.4, -0.2) is 38.3 Å². The molecule has 0 N–H and O–H groups in total. The third kappa shape index (κ3) is 4.97. The molecule has 4 nitrogen and oxygen atoms in total. The number of esters is 1. The summed E-state index contributed by atoms with van der Waals surface area (Å²) in [6.45, 7) is 1.69. The highest BCUT2D eigenvalue weighted by atomic mass is 16.6. The standard InChI is InChI=1S/C10H15BO4/c1-7(12)2-5-10(13)14-6-8-3-4-9(11)15-8/h8-9H,2-6H2,1H3/t8-,9+/m0/s1. The van der Waals surface area contributed by atoms with Gasteiger partial charge in [0.25, 0.3) is 0 Å². The minimum absolute atomic E-state index is 0.00825. The van der Waals surface area contributed by atoms with E-state index in [9.17, 15) is 9.59 Å². The van der Waals surface area contributed by atoms with E-state index in [-0.39, 0.29) is 43.3 Å². The molecule has 2 radical (unpaired) electrons. The summed E-state index contributed by atoms with van der Waals surface area (Å²) in [6, 6.07) is -0.231. The van der Waals surface area contributed by atoms with E-state index in [4.69, 9.17) is 17.3 Å². The molecule has 0 amide bonds. The van der Waals surface area contributed by atoms with Crippen molar-refractivity contribution in [3.8, 4) is 0 Å². The van der Waals surface area contributed by atoms with Crippen LogP contribution in [0.5, 0.6) is 0 Å². The lowest BCUT2D eigenvalue weighted by Gasteiger charge is -2.11. The molecule has 0 aliphatic carbocycles. The largest absolute Gasteiger partial charge is 0.463 e. The Bertz CT molecular complexity index is 242. The van der Waals surface area contributed by atoms with Crippen molar-refractivity contribution in [1.82, 2.24) is 0 Å². The van der Waals surface area contributed by atoms with E-state index in [1.54, 1.807) is 0 Å². The number of rotatable bonds is 5. The lowest BCUT2D eigenvalue weighted by Crippen LogP contribution is -2.19. The van der Waals surface area contributed by atoms with Crippen molar-refractivity contribution in [2.45, 2.75) is 44.7 Å². The Morgan fingerprint density at radius 3 is 2.67 bits per heavy atom. The van der Waals surface area contributed by atoms with Gasteiger partial charge in [-0.3, -0.25) is 4.79 Å². The highest BCUT2D eigenvalue weighted by Gasteiger charge is 2.22. The summed E-state index contributed by atoms with van der Waals surface area (Å²) in [4.78, 5) is 21.7. The van der Waals surface area contributed by atoms with Crippen LogP contribution < -0.4 is 0 Å². The van der Waals surface area contributed by atoms with E-state index in [0.29, 0.717) is 0 Å². The SMILES string of the molecule is [B][C@H]1CC[C@@H](COC(=O)CCC(C)=O)O1. The molecule has 1 fully saturated rings. The average molecular weight is 210 g/mol. The van der Waals surface area contributed by atoms with Gasteiger partial charge < -0.3 is 14.3 Å². The third-order valence-corrected chi connectivity index (χ3v) is 2.25. The van der Waals surface area contributed by atoms with Crippen molar-refractivity contribution in [3.05, 3.63) is 0 Å². The Morgan fingerprint density at radius 2 is 2.13 bits per heavy atom. The lowest BCUT2D eigenvalue weighted by molar-refractivity contribution is -0.148. The third-order valence-electron chi connectivity index (χ3n) is 2.25. The maximum atomic E-state index is 11.1. The summed E-state index contributed by atoms with van der Waals surface area (Å²) in [5.74, 6) is -0.361. The number of ketones is 1. The molecule has 5 heteroatoms. The van der Waals surface area contributed by atoms with Gasteiger partial charge in [-0.25, -0.2) is 0 Å². The molecule has 0 aromatic heterocycles. The highest BCUT2D eigenvalue weighted by molar-refractivity contribution is 6.11. The zero-order chi connectivity index (χ0) is 11.3. The predicted octanol–water partition coefficient (Wildman–Crippen LogP) is 0.572. The lowest BCUT2D eigenvalue weighted by atomic mass is 9.97. The molecule has 2 atom stereocenters. The smallest absolute Gasteiger partial charge is 0.306 e. The van der Waals surface area contributed by atoms with Crippen molar-refractivity contribution in [2.24, 2.45) is 0 Å². The first-order valence-electron chi connectivity index (χ1n) is 5.14. The van der Waals surface area contributed by atoms with Crippen molar-refractivity contribution in [3.63, 3.8) is 0 Å². The number of carbonyl (C=O) groups excluding carboxylic acids is 2. The summed E-state index contributed by atoms with van der Waals surface area (Å²) in [5, 5.41) is 0. The van der Waals surface area contributed by atoms with Crippen LogP contribution in [0.25, 0.3) is 0 Å². The van der Waals surface area contributed by atoms with Crippen LogP contribution in [0.1, 0.15) is 32.6 Å². The zero-order valence-corrected chi connectivity index (χ0v) is 8.90. The number of hydrogen-bond donors (Lipinski definition) is 0. The van der Waals surface area contributed by atoms with E-state index < -0.39 is 0 Å². The fourth-order valence-electron chi connectivity index (χ4n) is 1.39. The van der Waals surface area contributed by atoms with Gasteiger partial charge in [0, 0.05) is 12.4 Å². The number of Topliss-reactive ketones (excluding diaryl/α,β-unsaturated/α-hetero) is 1. The molecule has 1 rings (SSSR count). The Kier molecular flexibility index (Phi) is 4.82. The minimum atomic E-state index is -0.353. The topological polar surface area (TPSA) is 52.6 Å². The molecular weight excluding hydrogens is 195 g/mol. The van der Waals surface area contributed by atoms with Crippen LogP contribution in [0.15, 0.2) is 0 Å². The first-order chi connectivity index (χ1) is 7.08. The van der Waals surface area contributed by atoms with Gasteiger partial charge in [0.1, 0.15) is 20.2 Å². The molecule has 1 aliphatic rings. The second kappa shape index (κ2) is 5.90. The van der Waals surface area contributed by atoms with Crippen LogP contribution in [0.4, 0.5) is 0 Å². The second-order valence-corrected chi connectivity index (χ2v) is 3.76. The van der Waals surface area contributed by atoms with Crippen LogP contribution >= 0.6 is 0 Å². The molecule has 0 unspecified atom stereocenters. The highest BCUT2D eigenvalue weighted by Crippen LogP contribution is 2.17. The fraction of sp³-hybridized carbons (Fsp3) is 0.800.